The second-order valence-electron chi connectivity index (χ2n) is 6.04. The van der Waals surface area contributed by atoms with Gasteiger partial charge in [-0.05, 0) is 38.6 Å². The molecular weight excluding hydrogens is 314 g/mol. The lowest BCUT2D eigenvalue weighted by molar-refractivity contribution is 0.388. The summed E-state index contributed by atoms with van der Waals surface area (Å²) in [6, 6.07) is 3.75. The summed E-state index contributed by atoms with van der Waals surface area (Å²) in [5.74, 6) is 0. The van der Waals surface area contributed by atoms with E-state index in [2.05, 4.69) is 20.1 Å². The first-order valence-electron chi connectivity index (χ1n) is 7.58. The van der Waals surface area contributed by atoms with Crippen LogP contribution in [0.15, 0.2) is 35.6 Å². The van der Waals surface area contributed by atoms with E-state index in [1.54, 1.807) is 0 Å². The van der Waals surface area contributed by atoms with Crippen LogP contribution in [0, 0.1) is 0 Å². The van der Waals surface area contributed by atoms with E-state index in [9.17, 15) is 8.42 Å². The zero-order valence-corrected chi connectivity index (χ0v) is 14.1. The van der Waals surface area contributed by atoms with Crippen molar-refractivity contribution in [2.75, 3.05) is 20.6 Å². The number of aromatic amines is 1. The molecule has 1 fully saturated rings. The molecular formula is C15H21N5O2S. The van der Waals surface area contributed by atoms with Crippen LogP contribution in [0.2, 0.25) is 0 Å². The number of hydrogen-bond acceptors (Lipinski definition) is 5. The molecule has 2 aromatic heterocycles. The summed E-state index contributed by atoms with van der Waals surface area (Å²) >= 11 is 0. The summed E-state index contributed by atoms with van der Waals surface area (Å²) in [7, 11) is 0.478. The van der Waals surface area contributed by atoms with Gasteiger partial charge < -0.3 is 4.90 Å². The number of nitrogens with one attached hydrogen (secondary N) is 1. The summed E-state index contributed by atoms with van der Waals surface area (Å²) in [5, 5.41) is 6.31. The Kier molecular flexibility index (Phi) is 4.47. The van der Waals surface area contributed by atoms with Crippen molar-refractivity contribution in [2.24, 2.45) is 0 Å². The molecule has 1 aliphatic heterocycles. The Bertz CT molecular complexity index is 741. The van der Waals surface area contributed by atoms with Gasteiger partial charge in [-0.2, -0.15) is 9.40 Å². The third-order valence-electron chi connectivity index (χ3n) is 3.97. The average molecular weight is 335 g/mol. The lowest BCUT2D eigenvalue weighted by Gasteiger charge is -2.23. The monoisotopic (exact) mass is 335 g/mol. The van der Waals surface area contributed by atoms with Crippen LogP contribution >= 0.6 is 0 Å². The third kappa shape index (κ3) is 3.29. The molecule has 0 radical (unpaired) electrons. The van der Waals surface area contributed by atoms with Crippen molar-refractivity contribution in [3.8, 4) is 0 Å². The predicted octanol–water partition coefficient (Wildman–Crippen LogP) is 1.39. The van der Waals surface area contributed by atoms with E-state index in [0.29, 0.717) is 6.54 Å². The highest BCUT2D eigenvalue weighted by molar-refractivity contribution is 7.89. The molecule has 0 aliphatic carbocycles. The fourth-order valence-electron chi connectivity index (χ4n) is 2.93. The summed E-state index contributed by atoms with van der Waals surface area (Å²) in [6.45, 7) is 1.33. The molecule has 1 atom stereocenters. The summed E-state index contributed by atoms with van der Waals surface area (Å²) in [6.07, 6.45) is 6.22. The highest BCUT2D eigenvalue weighted by Gasteiger charge is 2.37. The topological polar surface area (TPSA) is 82.2 Å². The molecule has 8 heteroatoms. The van der Waals surface area contributed by atoms with Crippen molar-refractivity contribution in [3.63, 3.8) is 0 Å². The maximum absolute atomic E-state index is 12.7. The standard InChI is InChI=1S/C15H21N5O2S/c1-19(2)11-12-5-6-14(16-8-12)15-4-3-7-20(15)23(21,22)13-9-17-18-10-13/h5-6,8-10,15H,3-4,7,11H2,1-2H3,(H,17,18)/t15-/m0/s1. The number of pyridine rings is 1. The predicted molar refractivity (Wildman–Crippen MR) is 86.1 cm³/mol. The minimum absolute atomic E-state index is 0.202. The Hall–Kier alpha value is -1.77. The Morgan fingerprint density at radius 1 is 1.35 bits per heavy atom. The normalized spacial score (nSPS) is 19.5. The average Bonchev–Trinajstić information content (AvgIpc) is 3.19. The van der Waals surface area contributed by atoms with Crippen LogP contribution in [-0.2, 0) is 16.6 Å². The van der Waals surface area contributed by atoms with E-state index in [-0.39, 0.29) is 10.9 Å². The van der Waals surface area contributed by atoms with Gasteiger partial charge in [0.05, 0.1) is 17.9 Å². The summed E-state index contributed by atoms with van der Waals surface area (Å²) in [5.41, 5.74) is 1.91. The quantitative estimate of drug-likeness (QED) is 0.893. The van der Waals surface area contributed by atoms with Crippen LogP contribution in [0.25, 0.3) is 0 Å². The fraction of sp³-hybridized carbons (Fsp3) is 0.467. The molecule has 7 nitrogen and oxygen atoms in total. The number of sulfonamides is 1. The van der Waals surface area contributed by atoms with Gasteiger partial charge in [0, 0.05) is 25.5 Å². The molecule has 1 N–H and O–H groups in total. The van der Waals surface area contributed by atoms with Gasteiger partial charge in [-0.25, -0.2) is 8.42 Å². The van der Waals surface area contributed by atoms with Gasteiger partial charge in [0.1, 0.15) is 4.90 Å². The molecule has 0 spiro atoms. The first-order chi connectivity index (χ1) is 11.0. The minimum atomic E-state index is -3.53. The molecule has 1 aliphatic rings. The van der Waals surface area contributed by atoms with Gasteiger partial charge in [0.2, 0.25) is 10.0 Å². The number of H-pyrrole nitrogens is 1. The second-order valence-corrected chi connectivity index (χ2v) is 7.93. The van der Waals surface area contributed by atoms with Crippen molar-refractivity contribution < 1.29 is 8.42 Å². The number of hydrogen-bond donors (Lipinski definition) is 1. The Morgan fingerprint density at radius 2 is 2.17 bits per heavy atom. The van der Waals surface area contributed by atoms with Gasteiger partial charge >= 0.3 is 0 Å². The maximum Gasteiger partial charge on any atom is 0.246 e. The largest absolute Gasteiger partial charge is 0.305 e. The van der Waals surface area contributed by atoms with Gasteiger partial charge in [-0.15, -0.1) is 0 Å². The molecule has 124 valence electrons. The van der Waals surface area contributed by atoms with Gasteiger partial charge in [-0.3, -0.25) is 10.1 Å². The SMILES string of the molecule is CN(C)Cc1ccc([C@@H]2CCCN2S(=O)(=O)c2cn[nH]c2)nc1. The zero-order valence-electron chi connectivity index (χ0n) is 13.3. The minimum Gasteiger partial charge on any atom is -0.305 e. The van der Waals surface area contributed by atoms with Crippen LogP contribution in [0.1, 0.15) is 30.1 Å². The van der Waals surface area contributed by atoms with E-state index in [0.717, 1.165) is 30.6 Å². The van der Waals surface area contributed by atoms with E-state index in [1.165, 1.54) is 16.7 Å². The zero-order chi connectivity index (χ0) is 16.4. The van der Waals surface area contributed by atoms with E-state index in [4.69, 9.17) is 0 Å². The van der Waals surface area contributed by atoms with Crippen LogP contribution in [0.4, 0.5) is 0 Å². The number of nitrogens with zero attached hydrogens (tertiary/aromatic N) is 4. The molecule has 23 heavy (non-hydrogen) atoms. The van der Waals surface area contributed by atoms with Crippen LogP contribution in [0.5, 0.6) is 0 Å². The molecule has 1 saturated heterocycles. The first-order valence-corrected chi connectivity index (χ1v) is 9.02. The molecule has 0 unspecified atom stereocenters. The lowest BCUT2D eigenvalue weighted by Crippen LogP contribution is -2.31. The van der Waals surface area contributed by atoms with Crippen molar-refractivity contribution >= 4 is 10.0 Å². The lowest BCUT2D eigenvalue weighted by atomic mass is 10.1. The molecule has 3 heterocycles. The van der Waals surface area contributed by atoms with Gasteiger partial charge in [0.15, 0.2) is 0 Å². The molecule has 0 amide bonds. The first kappa shape index (κ1) is 16.1. The van der Waals surface area contributed by atoms with Crippen molar-refractivity contribution in [1.82, 2.24) is 24.4 Å². The van der Waals surface area contributed by atoms with Gasteiger partial charge in [0.25, 0.3) is 0 Å². The van der Waals surface area contributed by atoms with Crippen molar-refractivity contribution in [1.29, 1.82) is 0 Å². The number of rotatable bonds is 5. The Labute approximate surface area is 136 Å². The highest BCUT2D eigenvalue weighted by atomic mass is 32.2. The summed E-state index contributed by atoms with van der Waals surface area (Å²) < 4.78 is 27.0. The number of aromatic nitrogens is 3. The van der Waals surface area contributed by atoms with Crippen molar-refractivity contribution in [3.05, 3.63) is 42.0 Å². The third-order valence-corrected chi connectivity index (χ3v) is 5.84. The van der Waals surface area contributed by atoms with Gasteiger partial charge in [-0.1, -0.05) is 6.07 Å². The van der Waals surface area contributed by atoms with Crippen LogP contribution < -0.4 is 0 Å². The highest BCUT2D eigenvalue weighted by Crippen LogP contribution is 2.35. The molecule has 2 aromatic rings. The van der Waals surface area contributed by atoms with E-state index >= 15 is 0 Å². The van der Waals surface area contributed by atoms with E-state index in [1.807, 2.05) is 32.4 Å². The Balaban J connectivity index is 1.84. The Morgan fingerprint density at radius 3 is 2.78 bits per heavy atom. The molecule has 0 aromatic carbocycles. The molecule has 3 rings (SSSR count). The smallest absolute Gasteiger partial charge is 0.246 e. The fourth-order valence-corrected chi connectivity index (χ4v) is 4.51. The summed E-state index contributed by atoms with van der Waals surface area (Å²) in [4.78, 5) is 6.78. The van der Waals surface area contributed by atoms with Crippen molar-refractivity contribution in [2.45, 2.75) is 30.3 Å². The second kappa shape index (κ2) is 6.38. The van der Waals surface area contributed by atoms with E-state index < -0.39 is 10.0 Å². The molecule has 0 saturated carbocycles. The van der Waals surface area contributed by atoms with Crippen LogP contribution in [-0.4, -0.2) is 53.4 Å². The maximum atomic E-state index is 12.7. The van der Waals surface area contributed by atoms with Crippen LogP contribution in [0.3, 0.4) is 0 Å². The molecule has 0 bridgehead atoms.